The summed E-state index contributed by atoms with van der Waals surface area (Å²) in [7, 11) is 1.69. The number of halogens is 1. The molecule has 0 aliphatic heterocycles. The predicted octanol–water partition coefficient (Wildman–Crippen LogP) is 3.53. The molecule has 0 aliphatic rings. The van der Waals surface area contributed by atoms with Crippen molar-refractivity contribution in [2.45, 2.75) is 19.8 Å². The van der Waals surface area contributed by atoms with Crippen LogP contribution in [0.5, 0.6) is 0 Å². The minimum Gasteiger partial charge on any atom is -0.296 e. The second kappa shape index (κ2) is 6.01. The maximum absolute atomic E-state index is 12.5. The highest BCUT2D eigenvalue weighted by Crippen LogP contribution is 2.20. The first kappa shape index (κ1) is 14.5. The molecule has 0 bridgehead atoms. The molecule has 4 nitrogen and oxygen atoms in total. The molecule has 1 amide bonds. The standard InChI is InChI=1S/C15H16ClN3O/c1-10(2)12-8-11(9-13(16)18-12)15(20)19(3)14-6-4-5-7-17-14/h4-10H,1-3H3. The molecule has 0 aromatic carbocycles. The zero-order valence-electron chi connectivity index (χ0n) is 11.7. The fraction of sp³-hybridized carbons (Fsp3) is 0.267. The Labute approximate surface area is 123 Å². The van der Waals surface area contributed by atoms with E-state index in [1.54, 1.807) is 31.4 Å². The van der Waals surface area contributed by atoms with Crippen LogP contribution < -0.4 is 4.90 Å². The van der Waals surface area contributed by atoms with E-state index in [4.69, 9.17) is 11.6 Å². The van der Waals surface area contributed by atoms with E-state index >= 15 is 0 Å². The Balaban J connectivity index is 2.34. The number of anilines is 1. The molecule has 0 atom stereocenters. The monoisotopic (exact) mass is 289 g/mol. The largest absolute Gasteiger partial charge is 0.296 e. The molecular formula is C15H16ClN3O. The summed E-state index contributed by atoms with van der Waals surface area (Å²) in [6.07, 6.45) is 1.65. The van der Waals surface area contributed by atoms with Gasteiger partial charge < -0.3 is 0 Å². The summed E-state index contributed by atoms with van der Waals surface area (Å²) in [4.78, 5) is 22.4. The van der Waals surface area contributed by atoms with Gasteiger partial charge in [0.15, 0.2) is 0 Å². The maximum Gasteiger partial charge on any atom is 0.259 e. The smallest absolute Gasteiger partial charge is 0.259 e. The van der Waals surface area contributed by atoms with E-state index in [1.807, 2.05) is 26.0 Å². The number of amides is 1. The van der Waals surface area contributed by atoms with E-state index in [-0.39, 0.29) is 11.8 Å². The average molecular weight is 290 g/mol. The number of pyridine rings is 2. The Bertz CT molecular complexity index is 614. The second-order valence-corrected chi connectivity index (χ2v) is 5.20. The van der Waals surface area contributed by atoms with E-state index in [9.17, 15) is 4.79 Å². The van der Waals surface area contributed by atoms with Crippen LogP contribution in [0.2, 0.25) is 5.15 Å². The van der Waals surface area contributed by atoms with Gasteiger partial charge in [-0.1, -0.05) is 31.5 Å². The van der Waals surface area contributed by atoms with Crippen molar-refractivity contribution in [3.05, 3.63) is 52.9 Å². The highest BCUT2D eigenvalue weighted by atomic mass is 35.5. The van der Waals surface area contributed by atoms with Crippen molar-refractivity contribution >= 4 is 23.3 Å². The van der Waals surface area contributed by atoms with Crippen molar-refractivity contribution in [2.75, 3.05) is 11.9 Å². The van der Waals surface area contributed by atoms with E-state index < -0.39 is 0 Å². The van der Waals surface area contributed by atoms with Gasteiger partial charge >= 0.3 is 0 Å². The van der Waals surface area contributed by atoms with Gasteiger partial charge in [0.05, 0.1) is 0 Å². The number of carbonyl (C=O) groups excluding carboxylic acids is 1. The minimum atomic E-state index is -0.157. The molecule has 104 valence electrons. The first-order valence-corrected chi connectivity index (χ1v) is 6.73. The fourth-order valence-electron chi connectivity index (χ4n) is 1.79. The molecule has 0 aliphatic carbocycles. The zero-order chi connectivity index (χ0) is 14.7. The molecule has 0 spiro atoms. The Morgan fingerprint density at radius 2 is 2.05 bits per heavy atom. The molecule has 5 heteroatoms. The number of carbonyl (C=O) groups is 1. The van der Waals surface area contributed by atoms with Crippen molar-refractivity contribution in [2.24, 2.45) is 0 Å². The summed E-state index contributed by atoms with van der Waals surface area (Å²) in [6, 6.07) is 8.78. The van der Waals surface area contributed by atoms with Crippen molar-refractivity contribution in [3.8, 4) is 0 Å². The van der Waals surface area contributed by atoms with Gasteiger partial charge in [-0.2, -0.15) is 0 Å². The van der Waals surface area contributed by atoms with Gasteiger partial charge in [0.25, 0.3) is 5.91 Å². The van der Waals surface area contributed by atoms with Crippen molar-refractivity contribution in [1.82, 2.24) is 9.97 Å². The van der Waals surface area contributed by atoms with Crippen LogP contribution in [0.1, 0.15) is 35.8 Å². The molecule has 0 saturated heterocycles. The molecule has 2 rings (SSSR count). The van der Waals surface area contributed by atoms with Gasteiger partial charge in [-0.15, -0.1) is 0 Å². The van der Waals surface area contributed by atoms with Crippen LogP contribution in [0.25, 0.3) is 0 Å². The van der Waals surface area contributed by atoms with Crippen LogP contribution >= 0.6 is 11.6 Å². The maximum atomic E-state index is 12.5. The average Bonchev–Trinajstić information content (AvgIpc) is 2.46. The van der Waals surface area contributed by atoms with Crippen LogP contribution in [0, 0.1) is 0 Å². The molecule has 2 aromatic rings. The quantitative estimate of drug-likeness (QED) is 0.812. The van der Waals surface area contributed by atoms with Crippen molar-refractivity contribution in [1.29, 1.82) is 0 Å². The summed E-state index contributed by atoms with van der Waals surface area (Å²) >= 11 is 5.99. The van der Waals surface area contributed by atoms with Crippen molar-refractivity contribution < 1.29 is 4.79 Å². The lowest BCUT2D eigenvalue weighted by Crippen LogP contribution is -2.27. The van der Waals surface area contributed by atoms with Crippen LogP contribution in [-0.4, -0.2) is 22.9 Å². The van der Waals surface area contributed by atoms with Crippen molar-refractivity contribution in [3.63, 3.8) is 0 Å². The summed E-state index contributed by atoms with van der Waals surface area (Å²) in [5, 5.41) is 0.328. The van der Waals surface area contributed by atoms with E-state index in [2.05, 4.69) is 9.97 Å². The van der Waals surface area contributed by atoms with E-state index in [0.717, 1.165) is 5.69 Å². The lowest BCUT2D eigenvalue weighted by Gasteiger charge is -2.17. The molecule has 0 saturated carbocycles. The molecule has 2 heterocycles. The summed E-state index contributed by atoms with van der Waals surface area (Å²) in [6.45, 7) is 4.02. The number of aromatic nitrogens is 2. The number of hydrogen-bond acceptors (Lipinski definition) is 3. The highest BCUT2D eigenvalue weighted by Gasteiger charge is 2.16. The predicted molar refractivity (Wildman–Crippen MR) is 80.3 cm³/mol. The van der Waals surface area contributed by atoms with Crippen LogP contribution in [0.15, 0.2) is 36.5 Å². The van der Waals surface area contributed by atoms with Gasteiger partial charge in [0.1, 0.15) is 11.0 Å². The first-order chi connectivity index (χ1) is 9.49. The van der Waals surface area contributed by atoms with Gasteiger partial charge in [-0.05, 0) is 30.2 Å². The molecule has 20 heavy (non-hydrogen) atoms. The minimum absolute atomic E-state index is 0.157. The van der Waals surface area contributed by atoms with E-state index in [1.165, 1.54) is 4.90 Å². The third-order valence-corrected chi connectivity index (χ3v) is 3.14. The Morgan fingerprint density at radius 3 is 2.65 bits per heavy atom. The topological polar surface area (TPSA) is 46.1 Å². The molecule has 0 fully saturated rings. The SMILES string of the molecule is CC(C)c1cc(C(=O)N(C)c2ccccn2)cc(Cl)n1. The third-order valence-electron chi connectivity index (χ3n) is 2.95. The van der Waals surface area contributed by atoms with Crippen LogP contribution in [0.3, 0.4) is 0 Å². The third kappa shape index (κ3) is 3.14. The Kier molecular flexibility index (Phi) is 4.35. The molecule has 0 radical (unpaired) electrons. The Morgan fingerprint density at radius 1 is 1.30 bits per heavy atom. The Hall–Kier alpha value is -1.94. The van der Waals surface area contributed by atoms with Gasteiger partial charge in [-0.25, -0.2) is 9.97 Å². The molecule has 2 aromatic heterocycles. The summed E-state index contributed by atoms with van der Waals surface area (Å²) in [5.74, 6) is 0.645. The molecular weight excluding hydrogens is 274 g/mol. The van der Waals surface area contributed by atoms with E-state index in [0.29, 0.717) is 16.5 Å². The van der Waals surface area contributed by atoms with Crippen LogP contribution in [0.4, 0.5) is 5.82 Å². The highest BCUT2D eigenvalue weighted by molar-refractivity contribution is 6.29. The van der Waals surface area contributed by atoms with Gasteiger partial charge in [-0.3, -0.25) is 9.69 Å². The lowest BCUT2D eigenvalue weighted by atomic mass is 10.1. The zero-order valence-corrected chi connectivity index (χ0v) is 12.4. The normalized spacial score (nSPS) is 10.7. The molecule has 0 N–H and O–H groups in total. The molecule has 0 unspecified atom stereocenters. The van der Waals surface area contributed by atoms with Gasteiger partial charge in [0, 0.05) is 24.5 Å². The second-order valence-electron chi connectivity index (χ2n) is 4.81. The summed E-state index contributed by atoms with van der Waals surface area (Å²) < 4.78 is 0. The lowest BCUT2D eigenvalue weighted by molar-refractivity contribution is 0.0992. The number of hydrogen-bond donors (Lipinski definition) is 0. The summed E-state index contributed by atoms with van der Waals surface area (Å²) in [5.41, 5.74) is 1.32. The number of rotatable bonds is 3. The van der Waals surface area contributed by atoms with Crippen LogP contribution in [-0.2, 0) is 0 Å². The van der Waals surface area contributed by atoms with Gasteiger partial charge in [0.2, 0.25) is 0 Å². The fourth-order valence-corrected chi connectivity index (χ4v) is 2.00. The first-order valence-electron chi connectivity index (χ1n) is 6.35. The number of nitrogens with zero attached hydrogens (tertiary/aromatic N) is 3.